The van der Waals surface area contributed by atoms with Crippen molar-refractivity contribution in [2.24, 2.45) is 0 Å². The zero-order valence-corrected chi connectivity index (χ0v) is 13.4. The van der Waals surface area contributed by atoms with E-state index in [0.29, 0.717) is 11.4 Å². The maximum Gasteiger partial charge on any atom is 0.358 e. The molecule has 1 N–H and O–H groups in total. The Morgan fingerprint density at radius 1 is 1.50 bits per heavy atom. The number of hydrogen-bond donors (Lipinski definition) is 1. The van der Waals surface area contributed by atoms with E-state index in [0.717, 1.165) is 16.8 Å². The van der Waals surface area contributed by atoms with Gasteiger partial charge < -0.3 is 5.11 Å². The van der Waals surface area contributed by atoms with Gasteiger partial charge in [0.25, 0.3) is 0 Å². The summed E-state index contributed by atoms with van der Waals surface area (Å²) in [6.45, 7) is 2.00. The number of aromatic nitrogens is 2. The lowest BCUT2D eigenvalue weighted by Gasteiger charge is -2.11. The van der Waals surface area contributed by atoms with Gasteiger partial charge in [0, 0.05) is 10.9 Å². The summed E-state index contributed by atoms with van der Waals surface area (Å²) in [5, 5.41) is 17.8. The fourth-order valence-corrected chi connectivity index (χ4v) is 3.91. The van der Waals surface area contributed by atoms with Gasteiger partial charge in [0.05, 0.1) is 11.2 Å². The Bertz CT molecular complexity index is 895. The number of pyridine rings is 1. The van der Waals surface area contributed by atoms with E-state index in [-0.39, 0.29) is 10.7 Å². The molecule has 22 heavy (non-hydrogen) atoms. The molecule has 1 fully saturated rings. The third-order valence-electron chi connectivity index (χ3n) is 4.17. The highest BCUT2D eigenvalue weighted by molar-refractivity contribution is 7.08. The van der Waals surface area contributed by atoms with E-state index in [4.69, 9.17) is 11.6 Å². The Morgan fingerprint density at radius 2 is 2.27 bits per heavy atom. The number of thiophene rings is 1. The van der Waals surface area contributed by atoms with Gasteiger partial charge >= 0.3 is 5.97 Å². The van der Waals surface area contributed by atoms with Crippen molar-refractivity contribution in [3.63, 3.8) is 0 Å². The molecule has 3 aromatic rings. The SMILES string of the molecule is Cc1c(C2CC2)cc(-c2ccsc2)n2nc(C(=O)O)c(Cl)c12. The van der Waals surface area contributed by atoms with E-state index in [1.54, 1.807) is 15.9 Å². The maximum atomic E-state index is 11.4. The quantitative estimate of drug-likeness (QED) is 0.762. The Hall–Kier alpha value is -1.85. The largest absolute Gasteiger partial charge is 0.476 e. The van der Waals surface area contributed by atoms with Crippen molar-refractivity contribution in [3.05, 3.63) is 44.7 Å². The van der Waals surface area contributed by atoms with Gasteiger partial charge in [-0.1, -0.05) is 11.6 Å². The molecular formula is C16H13ClN2O2S. The number of carbonyl (C=O) groups is 1. The lowest BCUT2D eigenvalue weighted by Crippen LogP contribution is -2.01. The number of nitrogens with zero attached hydrogens (tertiary/aromatic N) is 2. The number of fused-ring (bicyclic) bond motifs is 1. The number of halogens is 1. The van der Waals surface area contributed by atoms with Gasteiger partial charge in [-0.25, -0.2) is 9.31 Å². The molecule has 6 heteroatoms. The summed E-state index contributed by atoms with van der Waals surface area (Å²) >= 11 is 7.93. The van der Waals surface area contributed by atoms with Crippen molar-refractivity contribution in [1.29, 1.82) is 0 Å². The summed E-state index contributed by atoms with van der Waals surface area (Å²) in [6, 6.07) is 4.15. The van der Waals surface area contributed by atoms with Crippen LogP contribution in [0.1, 0.15) is 40.4 Å². The van der Waals surface area contributed by atoms with Gasteiger partial charge in [-0.2, -0.15) is 16.4 Å². The van der Waals surface area contributed by atoms with Crippen molar-refractivity contribution in [1.82, 2.24) is 9.61 Å². The fraction of sp³-hybridized carbons (Fsp3) is 0.250. The van der Waals surface area contributed by atoms with Crippen molar-refractivity contribution >= 4 is 34.4 Å². The summed E-state index contributed by atoms with van der Waals surface area (Å²) in [6.07, 6.45) is 2.36. The van der Waals surface area contributed by atoms with E-state index in [1.807, 2.05) is 23.8 Å². The minimum absolute atomic E-state index is 0.0887. The molecule has 3 aromatic heterocycles. The number of aromatic carboxylic acids is 1. The molecular weight excluding hydrogens is 320 g/mol. The second-order valence-electron chi connectivity index (χ2n) is 5.62. The van der Waals surface area contributed by atoms with E-state index >= 15 is 0 Å². The van der Waals surface area contributed by atoms with E-state index in [9.17, 15) is 9.90 Å². The van der Waals surface area contributed by atoms with Crippen LogP contribution in [0.5, 0.6) is 0 Å². The van der Waals surface area contributed by atoms with Crippen LogP contribution in [-0.4, -0.2) is 20.7 Å². The molecule has 0 spiro atoms. The first kappa shape index (κ1) is 13.8. The van der Waals surface area contributed by atoms with Crippen LogP contribution in [0.25, 0.3) is 16.8 Å². The predicted molar refractivity (Wildman–Crippen MR) is 87.2 cm³/mol. The number of aryl methyl sites for hydroxylation is 1. The predicted octanol–water partition coefficient (Wildman–Crippen LogP) is 4.60. The van der Waals surface area contributed by atoms with E-state index in [1.165, 1.54) is 18.4 Å². The van der Waals surface area contributed by atoms with Crippen molar-refractivity contribution in [3.8, 4) is 11.3 Å². The fourth-order valence-electron chi connectivity index (χ4n) is 2.92. The molecule has 0 amide bonds. The normalized spacial score (nSPS) is 14.6. The molecule has 1 aliphatic carbocycles. The van der Waals surface area contributed by atoms with Gasteiger partial charge in [-0.3, -0.25) is 0 Å². The average molecular weight is 333 g/mol. The summed E-state index contributed by atoms with van der Waals surface area (Å²) in [7, 11) is 0. The second-order valence-corrected chi connectivity index (χ2v) is 6.78. The topological polar surface area (TPSA) is 54.6 Å². The standard InChI is InChI=1S/C16H13ClN2O2S/c1-8-11(9-2-3-9)6-12(10-4-5-22-7-10)19-15(8)13(17)14(18-19)16(20)21/h4-7,9H,2-3H2,1H3,(H,20,21). The van der Waals surface area contributed by atoms with Crippen LogP contribution >= 0.6 is 22.9 Å². The minimum atomic E-state index is -1.10. The molecule has 4 rings (SSSR count). The number of carboxylic acid groups (broad SMARTS) is 1. The number of hydrogen-bond acceptors (Lipinski definition) is 3. The molecule has 0 bridgehead atoms. The summed E-state index contributed by atoms with van der Waals surface area (Å²) in [5.74, 6) is -0.543. The Balaban J connectivity index is 2.11. The summed E-state index contributed by atoms with van der Waals surface area (Å²) < 4.78 is 1.68. The molecule has 0 saturated heterocycles. The van der Waals surface area contributed by atoms with E-state index in [2.05, 4.69) is 11.2 Å². The zero-order chi connectivity index (χ0) is 15.4. The molecule has 0 unspecified atom stereocenters. The van der Waals surface area contributed by atoms with Gasteiger partial charge in [0.1, 0.15) is 5.02 Å². The molecule has 1 aliphatic rings. The Kier molecular flexibility index (Phi) is 3.03. The van der Waals surface area contributed by atoms with Gasteiger partial charge in [-0.15, -0.1) is 0 Å². The smallest absolute Gasteiger partial charge is 0.358 e. The first-order chi connectivity index (χ1) is 10.6. The van der Waals surface area contributed by atoms with Gasteiger partial charge in [0.2, 0.25) is 0 Å². The van der Waals surface area contributed by atoms with Crippen LogP contribution in [0.3, 0.4) is 0 Å². The highest BCUT2D eigenvalue weighted by atomic mass is 35.5. The highest BCUT2D eigenvalue weighted by Gasteiger charge is 2.29. The second kappa shape index (κ2) is 4.83. The molecule has 0 atom stereocenters. The van der Waals surface area contributed by atoms with Crippen LogP contribution in [0, 0.1) is 6.92 Å². The number of carboxylic acids is 1. The molecule has 0 aliphatic heterocycles. The Labute approximate surface area is 136 Å². The highest BCUT2D eigenvalue weighted by Crippen LogP contribution is 2.45. The molecule has 0 aromatic carbocycles. The Morgan fingerprint density at radius 3 is 2.86 bits per heavy atom. The van der Waals surface area contributed by atoms with Crippen LogP contribution in [0.2, 0.25) is 5.02 Å². The lowest BCUT2D eigenvalue weighted by molar-refractivity contribution is 0.0690. The van der Waals surface area contributed by atoms with Gasteiger partial charge in [-0.05, 0) is 54.3 Å². The number of rotatable bonds is 3. The van der Waals surface area contributed by atoms with Crippen LogP contribution in [0.15, 0.2) is 22.9 Å². The average Bonchev–Trinajstić information content (AvgIpc) is 3.05. The van der Waals surface area contributed by atoms with Crippen LogP contribution < -0.4 is 0 Å². The van der Waals surface area contributed by atoms with Gasteiger partial charge in [0.15, 0.2) is 5.69 Å². The van der Waals surface area contributed by atoms with Crippen LogP contribution in [0.4, 0.5) is 0 Å². The van der Waals surface area contributed by atoms with Crippen molar-refractivity contribution in [2.75, 3.05) is 0 Å². The van der Waals surface area contributed by atoms with Crippen molar-refractivity contribution < 1.29 is 9.90 Å². The summed E-state index contributed by atoms with van der Waals surface area (Å²) in [5.41, 5.74) is 4.85. The molecule has 4 nitrogen and oxygen atoms in total. The molecule has 1 saturated carbocycles. The lowest BCUT2D eigenvalue weighted by atomic mass is 10.0. The van der Waals surface area contributed by atoms with Crippen LogP contribution in [-0.2, 0) is 0 Å². The molecule has 112 valence electrons. The van der Waals surface area contributed by atoms with E-state index < -0.39 is 5.97 Å². The maximum absolute atomic E-state index is 11.4. The zero-order valence-electron chi connectivity index (χ0n) is 11.8. The minimum Gasteiger partial charge on any atom is -0.476 e. The first-order valence-electron chi connectivity index (χ1n) is 7.05. The third kappa shape index (κ3) is 1.96. The summed E-state index contributed by atoms with van der Waals surface area (Å²) in [4.78, 5) is 11.4. The third-order valence-corrected chi connectivity index (χ3v) is 5.21. The van der Waals surface area contributed by atoms with Crippen molar-refractivity contribution in [2.45, 2.75) is 25.7 Å². The molecule has 3 heterocycles. The first-order valence-corrected chi connectivity index (χ1v) is 8.37. The molecule has 0 radical (unpaired) electrons. The monoisotopic (exact) mass is 332 g/mol.